The van der Waals surface area contributed by atoms with Crippen LogP contribution < -0.4 is 10.7 Å². The van der Waals surface area contributed by atoms with E-state index in [1.165, 1.54) is 0 Å². The standard InChI is InChI=1S/C30H27N5O3/c1-19-9-6-7-12-24(19)29(36)35-34-25-13-8-14-26-27(25)20(2)28(38-26)30(37)31-21-15-17-23(18-16-21)33-32-22-10-4-3-5-11-22/h3-7,9-12,15-18H,8,13-14H2,1-2H3,(H,31,37)(H,35,36)/b33-32?,34-25+. The van der Waals surface area contributed by atoms with Gasteiger partial charge in [-0.2, -0.15) is 15.3 Å². The van der Waals surface area contributed by atoms with Crippen LogP contribution in [0.5, 0.6) is 0 Å². The number of aryl methyl sites for hydroxylation is 2. The lowest BCUT2D eigenvalue weighted by molar-refractivity contribution is 0.0952. The molecule has 0 aliphatic heterocycles. The molecule has 4 aromatic rings. The lowest BCUT2D eigenvalue weighted by Gasteiger charge is -2.13. The van der Waals surface area contributed by atoms with E-state index in [1.54, 1.807) is 30.3 Å². The Balaban J connectivity index is 1.29. The molecule has 0 saturated heterocycles. The number of benzene rings is 3. The summed E-state index contributed by atoms with van der Waals surface area (Å²) >= 11 is 0. The SMILES string of the molecule is Cc1ccccc1C(=O)N/N=C1\CCCc2oc(C(=O)Nc3ccc(N=Nc4ccccc4)cc3)c(C)c21. The maximum absolute atomic E-state index is 13.1. The number of hydrogen-bond donors (Lipinski definition) is 2. The first-order valence-electron chi connectivity index (χ1n) is 12.4. The van der Waals surface area contributed by atoms with Crippen molar-refractivity contribution in [3.8, 4) is 0 Å². The predicted octanol–water partition coefficient (Wildman–Crippen LogP) is 7.03. The fourth-order valence-corrected chi connectivity index (χ4v) is 4.41. The molecule has 0 radical (unpaired) electrons. The van der Waals surface area contributed by atoms with Crippen molar-refractivity contribution in [1.29, 1.82) is 0 Å². The lowest BCUT2D eigenvalue weighted by Crippen LogP contribution is -2.22. The van der Waals surface area contributed by atoms with E-state index in [0.717, 1.165) is 23.2 Å². The van der Waals surface area contributed by atoms with E-state index in [2.05, 4.69) is 26.1 Å². The summed E-state index contributed by atoms with van der Waals surface area (Å²) in [6.45, 7) is 3.72. The molecule has 1 heterocycles. The van der Waals surface area contributed by atoms with Crippen molar-refractivity contribution in [3.63, 3.8) is 0 Å². The van der Waals surface area contributed by atoms with Crippen LogP contribution in [0.4, 0.5) is 17.1 Å². The number of nitrogens with zero attached hydrogens (tertiary/aromatic N) is 3. The van der Waals surface area contributed by atoms with Crippen LogP contribution in [-0.2, 0) is 6.42 Å². The van der Waals surface area contributed by atoms with E-state index in [4.69, 9.17) is 4.42 Å². The maximum atomic E-state index is 13.1. The number of amides is 2. The minimum atomic E-state index is -0.348. The van der Waals surface area contributed by atoms with Gasteiger partial charge in [0.25, 0.3) is 11.8 Å². The quantitative estimate of drug-likeness (QED) is 0.217. The molecule has 1 aliphatic rings. The van der Waals surface area contributed by atoms with Crippen molar-refractivity contribution < 1.29 is 14.0 Å². The highest BCUT2D eigenvalue weighted by Gasteiger charge is 2.28. The van der Waals surface area contributed by atoms with E-state index in [9.17, 15) is 9.59 Å². The molecule has 3 aromatic carbocycles. The Morgan fingerprint density at radius 1 is 0.789 bits per heavy atom. The van der Waals surface area contributed by atoms with Gasteiger partial charge >= 0.3 is 0 Å². The minimum absolute atomic E-state index is 0.239. The molecule has 1 aromatic heterocycles. The second-order valence-electron chi connectivity index (χ2n) is 9.06. The van der Waals surface area contributed by atoms with Crippen LogP contribution in [0, 0.1) is 13.8 Å². The van der Waals surface area contributed by atoms with Gasteiger partial charge in [0.15, 0.2) is 5.76 Å². The average Bonchev–Trinajstić information content (AvgIpc) is 3.29. The van der Waals surface area contributed by atoms with Gasteiger partial charge in [-0.05, 0) is 74.7 Å². The van der Waals surface area contributed by atoms with Crippen LogP contribution in [-0.4, -0.2) is 17.5 Å². The highest BCUT2D eigenvalue weighted by Crippen LogP contribution is 2.30. The number of hydrazone groups is 1. The van der Waals surface area contributed by atoms with Crippen LogP contribution in [0.15, 0.2) is 98.6 Å². The van der Waals surface area contributed by atoms with E-state index in [0.29, 0.717) is 46.8 Å². The first-order valence-corrected chi connectivity index (χ1v) is 12.4. The zero-order valence-electron chi connectivity index (χ0n) is 21.2. The Morgan fingerprint density at radius 2 is 1.47 bits per heavy atom. The fraction of sp³-hybridized carbons (Fsp3) is 0.167. The van der Waals surface area contributed by atoms with Crippen molar-refractivity contribution >= 4 is 34.6 Å². The molecule has 190 valence electrons. The number of azo groups is 1. The van der Waals surface area contributed by atoms with Crippen molar-refractivity contribution in [1.82, 2.24) is 5.43 Å². The molecule has 0 atom stereocenters. The molecule has 38 heavy (non-hydrogen) atoms. The van der Waals surface area contributed by atoms with Gasteiger partial charge in [-0.1, -0.05) is 36.4 Å². The third-order valence-corrected chi connectivity index (χ3v) is 6.38. The van der Waals surface area contributed by atoms with Crippen molar-refractivity contribution in [2.75, 3.05) is 5.32 Å². The van der Waals surface area contributed by atoms with Gasteiger partial charge in [-0.25, -0.2) is 5.43 Å². The highest BCUT2D eigenvalue weighted by molar-refractivity contribution is 6.09. The van der Waals surface area contributed by atoms with Crippen molar-refractivity contribution in [3.05, 3.63) is 113 Å². The first-order chi connectivity index (χ1) is 18.5. The van der Waals surface area contributed by atoms with Crippen LogP contribution in [0.1, 0.15) is 56.2 Å². The smallest absolute Gasteiger partial charge is 0.291 e. The van der Waals surface area contributed by atoms with E-state index >= 15 is 0 Å². The second kappa shape index (κ2) is 11.0. The summed E-state index contributed by atoms with van der Waals surface area (Å²) in [5, 5.41) is 15.7. The largest absolute Gasteiger partial charge is 0.455 e. The normalized spacial score (nSPS) is 13.9. The summed E-state index contributed by atoms with van der Waals surface area (Å²) in [5.74, 6) is 0.328. The molecule has 8 nitrogen and oxygen atoms in total. The molecule has 0 unspecified atom stereocenters. The van der Waals surface area contributed by atoms with Gasteiger partial charge in [0.05, 0.1) is 17.1 Å². The summed E-state index contributed by atoms with van der Waals surface area (Å²) in [7, 11) is 0. The van der Waals surface area contributed by atoms with Gasteiger partial charge in [0.2, 0.25) is 0 Å². The molecule has 0 fully saturated rings. The van der Waals surface area contributed by atoms with Crippen LogP contribution in [0.2, 0.25) is 0 Å². The number of carbonyl (C=O) groups is 2. The summed E-state index contributed by atoms with van der Waals surface area (Å²) in [6, 6.07) is 23.9. The van der Waals surface area contributed by atoms with E-state index in [-0.39, 0.29) is 17.6 Å². The lowest BCUT2D eigenvalue weighted by atomic mass is 9.93. The van der Waals surface area contributed by atoms with Crippen LogP contribution in [0.3, 0.4) is 0 Å². The van der Waals surface area contributed by atoms with Gasteiger partial charge in [-0.15, -0.1) is 0 Å². The molecule has 0 bridgehead atoms. The monoisotopic (exact) mass is 505 g/mol. The molecule has 2 amide bonds. The molecule has 1 aliphatic carbocycles. The summed E-state index contributed by atoms with van der Waals surface area (Å²) in [5.41, 5.74) is 8.38. The molecule has 0 spiro atoms. The number of fused-ring (bicyclic) bond motifs is 1. The van der Waals surface area contributed by atoms with Crippen LogP contribution >= 0.6 is 0 Å². The molecule has 0 saturated carbocycles. The third kappa shape index (κ3) is 5.44. The van der Waals surface area contributed by atoms with Crippen LogP contribution in [0.25, 0.3) is 0 Å². The Morgan fingerprint density at radius 3 is 2.21 bits per heavy atom. The number of anilines is 1. The van der Waals surface area contributed by atoms with Gasteiger partial charge in [-0.3, -0.25) is 9.59 Å². The first kappa shape index (κ1) is 24.8. The summed E-state index contributed by atoms with van der Waals surface area (Å²) < 4.78 is 5.98. The summed E-state index contributed by atoms with van der Waals surface area (Å²) in [6.07, 6.45) is 2.20. The van der Waals surface area contributed by atoms with Gasteiger partial charge in [0, 0.05) is 28.8 Å². The molecular formula is C30H27N5O3. The van der Waals surface area contributed by atoms with E-state index in [1.807, 2.05) is 62.4 Å². The summed E-state index contributed by atoms with van der Waals surface area (Å²) in [4.78, 5) is 25.7. The van der Waals surface area contributed by atoms with Gasteiger partial charge in [0.1, 0.15) is 5.76 Å². The molecule has 2 N–H and O–H groups in total. The second-order valence-corrected chi connectivity index (χ2v) is 9.06. The Labute approximate surface area is 220 Å². The number of hydrogen-bond acceptors (Lipinski definition) is 6. The molecular weight excluding hydrogens is 478 g/mol. The molecule has 8 heteroatoms. The number of nitrogens with one attached hydrogen (secondary N) is 2. The van der Waals surface area contributed by atoms with Crippen molar-refractivity contribution in [2.24, 2.45) is 15.3 Å². The minimum Gasteiger partial charge on any atom is -0.455 e. The Hall–Kier alpha value is -4.85. The maximum Gasteiger partial charge on any atom is 0.291 e. The number of carbonyl (C=O) groups excluding carboxylic acids is 2. The topological polar surface area (TPSA) is 108 Å². The fourth-order valence-electron chi connectivity index (χ4n) is 4.41. The number of rotatable bonds is 6. The van der Waals surface area contributed by atoms with Gasteiger partial charge < -0.3 is 9.73 Å². The highest BCUT2D eigenvalue weighted by atomic mass is 16.4. The number of furan rings is 1. The van der Waals surface area contributed by atoms with Crippen molar-refractivity contribution in [2.45, 2.75) is 33.1 Å². The predicted molar refractivity (Wildman–Crippen MR) is 147 cm³/mol. The average molecular weight is 506 g/mol. The zero-order chi connectivity index (χ0) is 26.5. The zero-order valence-corrected chi connectivity index (χ0v) is 21.2. The Kier molecular flexibility index (Phi) is 7.21. The third-order valence-electron chi connectivity index (χ3n) is 6.38. The van der Waals surface area contributed by atoms with E-state index < -0.39 is 0 Å². The Bertz CT molecular complexity index is 1540. The molecule has 5 rings (SSSR count).